The van der Waals surface area contributed by atoms with Crippen LogP contribution in [0.4, 0.5) is 10.5 Å². The number of nitrogens with one attached hydrogen (secondary N) is 1. The van der Waals surface area contributed by atoms with Crippen molar-refractivity contribution >= 4 is 11.8 Å². The number of nitrogens with zero attached hydrogens (tertiary/aromatic N) is 1. The molecule has 0 atom stereocenters. The normalized spacial score (nSPS) is 10.6. The van der Waals surface area contributed by atoms with E-state index >= 15 is 0 Å². The molecule has 1 amide bonds. The maximum absolute atomic E-state index is 11.3. The smallest absolute Gasteiger partial charge is 0.314 e. The summed E-state index contributed by atoms with van der Waals surface area (Å²) in [7, 11) is 0. The fraction of sp³-hybridized carbons (Fsp3) is 0.364. The van der Waals surface area contributed by atoms with Crippen LogP contribution in [-0.4, -0.2) is 16.6 Å². The molecule has 0 saturated heterocycles. The van der Waals surface area contributed by atoms with Crippen LogP contribution in [0.5, 0.6) is 5.75 Å². The molecule has 0 fully saturated rings. The quantitative estimate of drug-likeness (QED) is 0.508. The predicted octanol–water partition coefficient (Wildman–Crippen LogP) is 2.41. The molecule has 7 nitrogen and oxygen atoms in total. The highest BCUT2D eigenvalue weighted by atomic mass is 17.2. The van der Waals surface area contributed by atoms with E-state index in [2.05, 4.69) is 15.1 Å². The Balaban J connectivity index is 2.64. The van der Waals surface area contributed by atoms with Crippen molar-refractivity contribution in [3.63, 3.8) is 0 Å². The first-order chi connectivity index (χ1) is 8.29. The topological polar surface area (TPSA) is 90.7 Å². The molecule has 0 unspecified atom stereocenters. The molecule has 1 aromatic carbocycles. The Bertz CT molecular complexity index is 453. The third-order valence-corrected chi connectivity index (χ3v) is 1.75. The summed E-state index contributed by atoms with van der Waals surface area (Å²) in [6.07, 6.45) is -0.819. The zero-order chi connectivity index (χ0) is 13.8. The van der Waals surface area contributed by atoms with Gasteiger partial charge in [-0.05, 0) is 26.8 Å². The van der Waals surface area contributed by atoms with Crippen LogP contribution in [0, 0.1) is 10.1 Å². The number of para-hydroxylation sites is 2. The van der Waals surface area contributed by atoms with E-state index in [1.54, 1.807) is 20.8 Å². The summed E-state index contributed by atoms with van der Waals surface area (Å²) in [5.74, 6) is -0.133. The second-order valence-corrected chi connectivity index (χ2v) is 4.55. The lowest BCUT2D eigenvalue weighted by Gasteiger charge is -2.18. The molecule has 0 aliphatic heterocycles. The highest BCUT2D eigenvalue weighted by molar-refractivity contribution is 5.67. The Morgan fingerprint density at radius 2 is 1.94 bits per heavy atom. The van der Waals surface area contributed by atoms with Crippen LogP contribution in [-0.2, 0) is 4.89 Å². The second kappa shape index (κ2) is 5.35. The SMILES string of the molecule is CC(C)(C)NC(=O)OOc1ccccc1[N+](=O)[O-]. The van der Waals surface area contributed by atoms with Crippen LogP contribution in [0.3, 0.4) is 0 Å². The lowest BCUT2D eigenvalue weighted by molar-refractivity contribution is -0.387. The number of hydrogen-bond donors (Lipinski definition) is 1. The summed E-state index contributed by atoms with van der Waals surface area (Å²) < 4.78 is 0. The fourth-order valence-electron chi connectivity index (χ4n) is 1.09. The summed E-state index contributed by atoms with van der Waals surface area (Å²) in [6, 6.07) is 5.61. The number of carbonyl (C=O) groups is 1. The van der Waals surface area contributed by atoms with Gasteiger partial charge in [-0.25, -0.2) is 9.68 Å². The summed E-state index contributed by atoms with van der Waals surface area (Å²) in [4.78, 5) is 30.4. The van der Waals surface area contributed by atoms with Crippen molar-refractivity contribution in [2.45, 2.75) is 26.3 Å². The van der Waals surface area contributed by atoms with Crippen molar-refractivity contribution in [3.05, 3.63) is 34.4 Å². The first-order valence-electron chi connectivity index (χ1n) is 5.20. The molecule has 0 spiro atoms. The molecule has 0 radical (unpaired) electrons. The van der Waals surface area contributed by atoms with Crippen LogP contribution in [0.1, 0.15) is 20.8 Å². The molecule has 18 heavy (non-hydrogen) atoms. The van der Waals surface area contributed by atoms with Crippen molar-refractivity contribution < 1.29 is 19.5 Å². The lowest BCUT2D eigenvalue weighted by atomic mass is 10.1. The minimum atomic E-state index is -0.819. The highest BCUT2D eigenvalue weighted by Gasteiger charge is 2.19. The van der Waals surface area contributed by atoms with Gasteiger partial charge in [-0.1, -0.05) is 12.1 Å². The van der Waals surface area contributed by atoms with Gasteiger partial charge in [-0.2, -0.15) is 0 Å². The third-order valence-electron chi connectivity index (χ3n) is 1.75. The Morgan fingerprint density at radius 1 is 1.33 bits per heavy atom. The Labute approximate surface area is 104 Å². The van der Waals surface area contributed by atoms with E-state index < -0.39 is 16.6 Å². The molecule has 0 bridgehead atoms. The Morgan fingerprint density at radius 3 is 2.50 bits per heavy atom. The van der Waals surface area contributed by atoms with Gasteiger partial charge in [0.1, 0.15) is 0 Å². The lowest BCUT2D eigenvalue weighted by Crippen LogP contribution is -2.41. The molecule has 1 aromatic rings. The van der Waals surface area contributed by atoms with E-state index in [1.165, 1.54) is 24.3 Å². The van der Waals surface area contributed by atoms with Crippen LogP contribution in [0.25, 0.3) is 0 Å². The minimum Gasteiger partial charge on any atom is -0.314 e. The van der Waals surface area contributed by atoms with Gasteiger partial charge in [0.05, 0.1) is 4.92 Å². The zero-order valence-electron chi connectivity index (χ0n) is 10.3. The molecular weight excluding hydrogens is 240 g/mol. The number of carbonyl (C=O) groups excluding carboxylic acids is 1. The van der Waals surface area contributed by atoms with Crippen LogP contribution in [0.15, 0.2) is 24.3 Å². The number of nitro groups is 1. The minimum absolute atomic E-state index is 0.133. The van der Waals surface area contributed by atoms with Crippen molar-refractivity contribution in [1.29, 1.82) is 0 Å². The van der Waals surface area contributed by atoms with Crippen molar-refractivity contribution in [3.8, 4) is 5.75 Å². The van der Waals surface area contributed by atoms with E-state index in [0.29, 0.717) is 0 Å². The van der Waals surface area contributed by atoms with Crippen molar-refractivity contribution in [1.82, 2.24) is 5.32 Å². The average molecular weight is 254 g/mol. The summed E-state index contributed by atoms with van der Waals surface area (Å²) >= 11 is 0. The van der Waals surface area contributed by atoms with Crippen molar-refractivity contribution in [2.75, 3.05) is 0 Å². The molecule has 7 heteroatoms. The van der Waals surface area contributed by atoms with Gasteiger partial charge in [-0.3, -0.25) is 15.0 Å². The summed E-state index contributed by atoms with van der Waals surface area (Å²) in [5, 5.41) is 13.1. The monoisotopic (exact) mass is 254 g/mol. The maximum Gasteiger partial charge on any atom is 0.450 e. The molecule has 0 aromatic heterocycles. The number of hydrogen-bond acceptors (Lipinski definition) is 5. The van der Waals surface area contributed by atoms with E-state index in [4.69, 9.17) is 0 Å². The molecule has 1 rings (SSSR count). The standard InChI is InChI=1S/C11H14N2O5/c1-11(2,3)12-10(14)18-17-9-7-5-4-6-8(9)13(15)16/h4-7H,1-3H3,(H,12,14). The number of nitro benzene ring substituents is 1. The summed E-state index contributed by atoms with van der Waals surface area (Å²) in [6.45, 7) is 5.29. The highest BCUT2D eigenvalue weighted by Crippen LogP contribution is 2.25. The largest absolute Gasteiger partial charge is 0.450 e. The molecule has 98 valence electrons. The van der Waals surface area contributed by atoms with Crippen LogP contribution < -0.4 is 10.2 Å². The van der Waals surface area contributed by atoms with E-state index in [1.807, 2.05) is 0 Å². The third kappa shape index (κ3) is 4.28. The molecule has 1 N–H and O–H groups in total. The number of rotatable bonds is 3. The maximum atomic E-state index is 11.3. The molecule has 0 saturated carbocycles. The predicted molar refractivity (Wildman–Crippen MR) is 63.1 cm³/mol. The van der Waals surface area contributed by atoms with Gasteiger partial charge in [-0.15, -0.1) is 0 Å². The van der Waals surface area contributed by atoms with Crippen LogP contribution >= 0.6 is 0 Å². The van der Waals surface area contributed by atoms with Gasteiger partial charge in [0.15, 0.2) is 0 Å². The van der Waals surface area contributed by atoms with E-state index in [0.717, 1.165) is 0 Å². The second-order valence-electron chi connectivity index (χ2n) is 4.55. The molecule has 0 aliphatic carbocycles. The molecule has 0 heterocycles. The fourth-order valence-corrected chi connectivity index (χ4v) is 1.09. The zero-order valence-corrected chi connectivity index (χ0v) is 10.3. The first kappa shape index (κ1) is 13.8. The Hall–Kier alpha value is -2.31. The van der Waals surface area contributed by atoms with Gasteiger partial charge >= 0.3 is 11.8 Å². The number of benzene rings is 1. The van der Waals surface area contributed by atoms with E-state index in [9.17, 15) is 14.9 Å². The Kier molecular flexibility index (Phi) is 4.09. The van der Waals surface area contributed by atoms with Gasteiger partial charge in [0.25, 0.3) is 5.75 Å². The van der Waals surface area contributed by atoms with Gasteiger partial charge in [0, 0.05) is 11.6 Å². The molecule has 0 aliphatic rings. The number of amides is 1. The first-order valence-corrected chi connectivity index (χ1v) is 5.20. The van der Waals surface area contributed by atoms with Gasteiger partial charge in [0.2, 0.25) is 0 Å². The van der Waals surface area contributed by atoms with Crippen LogP contribution in [0.2, 0.25) is 0 Å². The van der Waals surface area contributed by atoms with E-state index in [-0.39, 0.29) is 11.4 Å². The average Bonchev–Trinajstić information content (AvgIpc) is 2.24. The van der Waals surface area contributed by atoms with Gasteiger partial charge < -0.3 is 5.32 Å². The summed E-state index contributed by atoms with van der Waals surface area (Å²) in [5.41, 5.74) is -0.760. The molecular formula is C11H14N2O5. The van der Waals surface area contributed by atoms with Crippen molar-refractivity contribution in [2.24, 2.45) is 0 Å².